The van der Waals surface area contributed by atoms with Crippen LogP contribution in [0.2, 0.25) is 0 Å². The Morgan fingerprint density at radius 2 is 1.83 bits per heavy atom. The van der Waals surface area contributed by atoms with E-state index in [2.05, 4.69) is 30.8 Å². The third-order valence-corrected chi connectivity index (χ3v) is 6.13. The van der Waals surface area contributed by atoms with Crippen molar-refractivity contribution in [3.05, 3.63) is 90.0 Å². The van der Waals surface area contributed by atoms with Gasteiger partial charge in [0, 0.05) is 17.8 Å². The molecule has 216 valence electrons. The Morgan fingerprint density at radius 1 is 1.07 bits per heavy atom. The number of thiocarbonyl (C=S) groups is 1. The average molecular weight is 589 g/mol. The van der Waals surface area contributed by atoms with Crippen molar-refractivity contribution in [1.29, 1.82) is 0 Å². The zero-order chi connectivity index (χ0) is 29.6. The number of ether oxygens (including phenoxy) is 1. The van der Waals surface area contributed by atoms with Gasteiger partial charge in [-0.1, -0.05) is 32.0 Å². The van der Waals surface area contributed by atoms with Crippen molar-refractivity contribution >= 4 is 23.0 Å². The van der Waals surface area contributed by atoms with Gasteiger partial charge in [-0.3, -0.25) is 5.32 Å². The highest BCUT2D eigenvalue weighted by Crippen LogP contribution is 2.26. The fourth-order valence-electron chi connectivity index (χ4n) is 4.00. The summed E-state index contributed by atoms with van der Waals surface area (Å²) in [7, 11) is 0. The van der Waals surface area contributed by atoms with Crippen molar-refractivity contribution in [1.82, 2.24) is 25.4 Å². The second-order valence-corrected chi connectivity index (χ2v) is 9.75. The highest BCUT2D eigenvalue weighted by Gasteiger charge is 2.31. The van der Waals surface area contributed by atoms with E-state index in [4.69, 9.17) is 12.2 Å². The third-order valence-electron chi connectivity index (χ3n) is 5.91. The topological polar surface area (TPSA) is 96.3 Å². The molecular formula is C28H28F4N6O2S. The van der Waals surface area contributed by atoms with Gasteiger partial charge in [0.2, 0.25) is 0 Å². The molecule has 4 N–H and O–H groups in total. The van der Waals surface area contributed by atoms with E-state index in [1.54, 1.807) is 6.07 Å². The Balaban J connectivity index is 1.29. The second kappa shape index (κ2) is 13.1. The summed E-state index contributed by atoms with van der Waals surface area (Å²) in [6.45, 7) is 4.31. The van der Waals surface area contributed by atoms with Gasteiger partial charge < -0.3 is 20.5 Å². The van der Waals surface area contributed by atoms with Gasteiger partial charge in [-0.05, 0) is 84.2 Å². The van der Waals surface area contributed by atoms with E-state index < -0.39 is 12.7 Å². The first-order chi connectivity index (χ1) is 19.5. The largest absolute Gasteiger partial charge is 0.573 e. The van der Waals surface area contributed by atoms with E-state index in [0.29, 0.717) is 30.2 Å². The Bertz CT molecular complexity index is 1480. The number of halogens is 4. The number of nitrogens with one attached hydrogen (secondary N) is 3. The summed E-state index contributed by atoms with van der Waals surface area (Å²) in [6, 6.07) is 17.2. The van der Waals surface area contributed by atoms with Crippen LogP contribution >= 0.6 is 12.2 Å². The molecule has 1 unspecified atom stereocenters. The van der Waals surface area contributed by atoms with E-state index in [9.17, 15) is 22.7 Å². The molecule has 0 spiro atoms. The molecule has 1 heterocycles. The van der Waals surface area contributed by atoms with Gasteiger partial charge in [0.15, 0.2) is 17.3 Å². The number of benzene rings is 3. The standard InChI is InChI=1S/C28H28F4N6O2S/c1-17(2)23-15-20(29)6-11-24(23)35-27(41)36-26(39)33-13-12-18-4-3-5-19(14-18)25-34-16-38(37-25)21-7-9-22(10-8-21)40-28(30,31)32/h3-11,14-17,26,33,39H,12-13H2,1-2H3,(H2,35,36,41). The number of rotatable bonds is 10. The molecule has 0 aliphatic rings. The summed E-state index contributed by atoms with van der Waals surface area (Å²) in [5, 5.41) is 23.6. The number of aliphatic hydroxyl groups excluding tert-OH is 1. The minimum Gasteiger partial charge on any atom is -0.406 e. The molecule has 4 rings (SSSR count). The number of nitrogens with zero attached hydrogens (tertiary/aromatic N) is 3. The van der Waals surface area contributed by atoms with Crippen LogP contribution in [0.1, 0.15) is 30.9 Å². The smallest absolute Gasteiger partial charge is 0.406 e. The maximum Gasteiger partial charge on any atom is 0.573 e. The number of alkyl halides is 3. The molecule has 1 aromatic heterocycles. The molecule has 41 heavy (non-hydrogen) atoms. The molecule has 0 bridgehead atoms. The fraction of sp³-hybridized carbons (Fsp3) is 0.250. The Morgan fingerprint density at radius 3 is 2.54 bits per heavy atom. The van der Waals surface area contributed by atoms with Gasteiger partial charge in [-0.2, -0.15) is 0 Å². The maximum absolute atomic E-state index is 13.6. The predicted molar refractivity (Wildman–Crippen MR) is 151 cm³/mol. The highest BCUT2D eigenvalue weighted by molar-refractivity contribution is 7.80. The molecule has 0 amide bonds. The number of aliphatic hydroxyl groups is 1. The van der Waals surface area contributed by atoms with Gasteiger partial charge in [0.05, 0.1) is 5.69 Å². The molecule has 0 saturated heterocycles. The van der Waals surface area contributed by atoms with Crippen LogP contribution < -0.4 is 20.7 Å². The summed E-state index contributed by atoms with van der Waals surface area (Å²) < 4.78 is 56.1. The molecule has 0 fully saturated rings. The van der Waals surface area contributed by atoms with Crippen LogP contribution in [-0.4, -0.2) is 44.2 Å². The van der Waals surface area contributed by atoms with Gasteiger partial charge >= 0.3 is 6.36 Å². The fourth-order valence-corrected chi connectivity index (χ4v) is 4.22. The summed E-state index contributed by atoms with van der Waals surface area (Å²) in [4.78, 5) is 4.32. The van der Waals surface area contributed by atoms with E-state index in [1.807, 2.05) is 38.1 Å². The van der Waals surface area contributed by atoms with E-state index in [1.165, 1.54) is 47.4 Å². The zero-order valence-corrected chi connectivity index (χ0v) is 22.9. The third kappa shape index (κ3) is 8.71. The Labute approximate surface area is 239 Å². The molecule has 13 heteroatoms. The molecule has 0 saturated carbocycles. The molecular weight excluding hydrogens is 560 g/mol. The highest BCUT2D eigenvalue weighted by atomic mass is 32.1. The van der Waals surface area contributed by atoms with Crippen molar-refractivity contribution in [2.24, 2.45) is 0 Å². The molecule has 8 nitrogen and oxygen atoms in total. The SMILES string of the molecule is CC(C)c1cc(F)ccc1NC(=S)NC(O)NCCc1cccc(-c2ncn(-c3ccc(OC(F)(F)F)cc3)n2)c1. The molecule has 4 aromatic rings. The van der Waals surface area contributed by atoms with E-state index in [0.717, 1.165) is 16.7 Å². The van der Waals surface area contributed by atoms with Crippen LogP contribution in [0.3, 0.4) is 0 Å². The molecule has 1 atom stereocenters. The zero-order valence-electron chi connectivity index (χ0n) is 22.1. The number of anilines is 1. The summed E-state index contributed by atoms with van der Waals surface area (Å²) in [6.07, 6.45) is -3.84. The molecule has 3 aromatic carbocycles. The van der Waals surface area contributed by atoms with Crippen molar-refractivity contribution < 1.29 is 27.4 Å². The average Bonchev–Trinajstić information content (AvgIpc) is 3.40. The van der Waals surface area contributed by atoms with Crippen molar-refractivity contribution in [2.75, 3.05) is 11.9 Å². The summed E-state index contributed by atoms with van der Waals surface area (Å²) >= 11 is 5.29. The second-order valence-electron chi connectivity index (χ2n) is 9.35. The molecule has 0 radical (unpaired) electrons. The van der Waals surface area contributed by atoms with Crippen molar-refractivity contribution in [3.8, 4) is 22.8 Å². The lowest BCUT2D eigenvalue weighted by molar-refractivity contribution is -0.274. The summed E-state index contributed by atoms with van der Waals surface area (Å²) in [5.41, 5.74) is 3.66. The van der Waals surface area contributed by atoms with Crippen LogP contribution in [-0.2, 0) is 6.42 Å². The first-order valence-electron chi connectivity index (χ1n) is 12.6. The first kappa shape index (κ1) is 29.9. The van der Waals surface area contributed by atoms with Crippen LogP contribution in [0, 0.1) is 5.82 Å². The lowest BCUT2D eigenvalue weighted by Crippen LogP contribution is -2.47. The van der Waals surface area contributed by atoms with Gasteiger partial charge in [-0.25, -0.2) is 14.1 Å². The number of aromatic nitrogens is 3. The molecule has 0 aliphatic heterocycles. The predicted octanol–water partition coefficient (Wildman–Crippen LogP) is 5.49. The lowest BCUT2D eigenvalue weighted by Gasteiger charge is -2.19. The van der Waals surface area contributed by atoms with Crippen LogP contribution in [0.15, 0.2) is 73.1 Å². The van der Waals surface area contributed by atoms with Crippen LogP contribution in [0.5, 0.6) is 5.75 Å². The van der Waals surface area contributed by atoms with E-state index in [-0.39, 0.29) is 22.6 Å². The van der Waals surface area contributed by atoms with E-state index >= 15 is 0 Å². The van der Waals surface area contributed by atoms with Crippen LogP contribution in [0.25, 0.3) is 17.1 Å². The first-order valence-corrected chi connectivity index (χ1v) is 13.0. The summed E-state index contributed by atoms with van der Waals surface area (Å²) in [5.74, 6) is -0.141. The Hall–Kier alpha value is -4.07. The van der Waals surface area contributed by atoms with Gasteiger partial charge in [-0.15, -0.1) is 18.3 Å². The van der Waals surface area contributed by atoms with Crippen molar-refractivity contribution in [3.63, 3.8) is 0 Å². The quantitative estimate of drug-likeness (QED) is 0.110. The maximum atomic E-state index is 13.6. The van der Waals surface area contributed by atoms with Crippen LogP contribution in [0.4, 0.5) is 23.2 Å². The van der Waals surface area contributed by atoms with Gasteiger partial charge in [0.25, 0.3) is 0 Å². The number of hydrogen-bond donors (Lipinski definition) is 4. The Kier molecular flexibility index (Phi) is 9.53. The van der Waals surface area contributed by atoms with Gasteiger partial charge in [0.1, 0.15) is 17.9 Å². The lowest BCUT2D eigenvalue weighted by atomic mass is 10.0. The minimum absolute atomic E-state index is 0.0760. The monoisotopic (exact) mass is 588 g/mol. The minimum atomic E-state index is -4.76. The molecule has 0 aliphatic carbocycles. The number of hydrogen-bond acceptors (Lipinski definition) is 6. The normalized spacial score (nSPS) is 12.3. The van der Waals surface area contributed by atoms with Crippen molar-refractivity contribution in [2.45, 2.75) is 38.9 Å².